The van der Waals surface area contributed by atoms with Gasteiger partial charge in [-0.2, -0.15) is 0 Å². The molecule has 5 nitrogen and oxygen atoms in total. The van der Waals surface area contributed by atoms with E-state index in [0.29, 0.717) is 0 Å². The molecule has 8 heteroatoms. The second kappa shape index (κ2) is 8.28. The minimum absolute atomic E-state index is 0.0550. The fourth-order valence-electron chi connectivity index (χ4n) is 2.44. The lowest BCUT2D eigenvalue weighted by molar-refractivity contribution is 0.102. The monoisotopic (exact) mass is 402 g/mol. The molecule has 1 amide bonds. The van der Waals surface area contributed by atoms with E-state index in [0.717, 1.165) is 17.7 Å². The zero-order valence-corrected chi connectivity index (χ0v) is 15.3. The number of amides is 1. The lowest BCUT2D eigenvalue weighted by Gasteiger charge is -2.09. The van der Waals surface area contributed by atoms with Crippen molar-refractivity contribution in [2.45, 2.75) is 11.4 Å². The molecule has 0 heterocycles. The zero-order valence-electron chi connectivity index (χ0n) is 14.5. The van der Waals surface area contributed by atoms with Crippen LogP contribution in [-0.2, 0) is 16.6 Å². The Balaban J connectivity index is 1.75. The average Bonchev–Trinajstić information content (AvgIpc) is 2.70. The molecule has 0 atom stereocenters. The predicted molar refractivity (Wildman–Crippen MR) is 101 cm³/mol. The number of benzene rings is 3. The smallest absolute Gasteiger partial charge is 0.255 e. The molecule has 0 aromatic heterocycles. The highest BCUT2D eigenvalue weighted by Crippen LogP contribution is 2.16. The Morgan fingerprint density at radius 1 is 0.857 bits per heavy atom. The van der Waals surface area contributed by atoms with Crippen molar-refractivity contribution in [2.24, 2.45) is 0 Å². The molecule has 28 heavy (non-hydrogen) atoms. The van der Waals surface area contributed by atoms with Gasteiger partial charge in [0.15, 0.2) is 11.6 Å². The summed E-state index contributed by atoms with van der Waals surface area (Å²) >= 11 is 0. The van der Waals surface area contributed by atoms with Crippen molar-refractivity contribution in [1.82, 2.24) is 4.72 Å². The number of carbonyl (C=O) groups is 1. The van der Waals surface area contributed by atoms with Gasteiger partial charge in [-0.25, -0.2) is 21.9 Å². The fraction of sp³-hybridized carbons (Fsp3) is 0.0500. The van der Waals surface area contributed by atoms with Gasteiger partial charge < -0.3 is 5.32 Å². The Kier molecular flexibility index (Phi) is 5.81. The number of carbonyl (C=O) groups excluding carboxylic acids is 1. The summed E-state index contributed by atoms with van der Waals surface area (Å²) in [6, 6.07) is 17.4. The van der Waals surface area contributed by atoms with E-state index in [1.165, 1.54) is 30.3 Å². The molecule has 0 fully saturated rings. The average molecular weight is 402 g/mol. The van der Waals surface area contributed by atoms with Crippen molar-refractivity contribution in [2.75, 3.05) is 5.32 Å². The van der Waals surface area contributed by atoms with Gasteiger partial charge in [-0.3, -0.25) is 4.79 Å². The van der Waals surface area contributed by atoms with Crippen molar-refractivity contribution >= 4 is 21.6 Å². The summed E-state index contributed by atoms with van der Waals surface area (Å²) in [5, 5.41) is 2.40. The highest BCUT2D eigenvalue weighted by atomic mass is 32.2. The first-order valence-corrected chi connectivity index (χ1v) is 9.73. The summed E-state index contributed by atoms with van der Waals surface area (Å²) in [5.41, 5.74) is 0.907. The van der Waals surface area contributed by atoms with Crippen LogP contribution in [0.15, 0.2) is 77.7 Å². The van der Waals surface area contributed by atoms with E-state index in [1.807, 2.05) is 6.07 Å². The highest BCUT2D eigenvalue weighted by Gasteiger charge is 2.16. The van der Waals surface area contributed by atoms with Crippen molar-refractivity contribution in [3.63, 3.8) is 0 Å². The summed E-state index contributed by atoms with van der Waals surface area (Å²) in [4.78, 5) is 12.2. The van der Waals surface area contributed by atoms with Gasteiger partial charge in [0.05, 0.1) is 4.90 Å². The molecule has 0 radical (unpaired) electrons. The quantitative estimate of drug-likeness (QED) is 0.660. The molecule has 144 valence electrons. The Bertz CT molecular complexity index is 1100. The maximum absolute atomic E-state index is 13.3. The zero-order chi connectivity index (χ0) is 20.1. The molecular weight excluding hydrogens is 386 g/mol. The second-order valence-electron chi connectivity index (χ2n) is 5.92. The largest absolute Gasteiger partial charge is 0.322 e. The molecule has 0 unspecified atom stereocenters. The first-order chi connectivity index (χ1) is 13.3. The molecule has 0 aliphatic carbocycles. The molecule has 3 aromatic rings. The van der Waals surface area contributed by atoms with Crippen LogP contribution in [0.3, 0.4) is 0 Å². The third-order valence-electron chi connectivity index (χ3n) is 3.89. The van der Waals surface area contributed by atoms with E-state index in [1.54, 1.807) is 24.3 Å². The van der Waals surface area contributed by atoms with Crippen LogP contribution in [0, 0.1) is 11.6 Å². The van der Waals surface area contributed by atoms with Crippen LogP contribution in [0.2, 0.25) is 0 Å². The molecule has 2 N–H and O–H groups in total. The molecule has 0 bridgehead atoms. The molecule has 3 rings (SSSR count). The fourth-order valence-corrected chi connectivity index (χ4v) is 3.50. The van der Waals surface area contributed by atoms with Crippen LogP contribution in [-0.4, -0.2) is 14.3 Å². The molecule has 0 aliphatic rings. The van der Waals surface area contributed by atoms with Crippen molar-refractivity contribution in [3.8, 4) is 0 Å². The SMILES string of the molecule is O=C(Nc1ccc(F)c(F)c1)c1cccc(S(=O)(=O)NCc2ccccc2)c1. The van der Waals surface area contributed by atoms with Crippen LogP contribution in [0.5, 0.6) is 0 Å². The lowest BCUT2D eigenvalue weighted by atomic mass is 10.2. The van der Waals surface area contributed by atoms with E-state index >= 15 is 0 Å². The van der Waals surface area contributed by atoms with E-state index in [4.69, 9.17) is 0 Å². The van der Waals surface area contributed by atoms with E-state index < -0.39 is 27.6 Å². The summed E-state index contributed by atoms with van der Waals surface area (Å²) in [5.74, 6) is -2.78. The van der Waals surface area contributed by atoms with Crippen LogP contribution < -0.4 is 10.0 Å². The number of nitrogens with one attached hydrogen (secondary N) is 2. The Morgan fingerprint density at radius 2 is 1.61 bits per heavy atom. The first kappa shape index (κ1) is 19.7. The number of anilines is 1. The second-order valence-corrected chi connectivity index (χ2v) is 7.69. The minimum Gasteiger partial charge on any atom is -0.322 e. The number of rotatable bonds is 6. The van der Waals surface area contributed by atoms with Crippen molar-refractivity contribution < 1.29 is 22.0 Å². The van der Waals surface area contributed by atoms with Gasteiger partial charge >= 0.3 is 0 Å². The molecule has 0 spiro atoms. The highest BCUT2D eigenvalue weighted by molar-refractivity contribution is 7.89. The Hall–Kier alpha value is -3.10. The van der Waals surface area contributed by atoms with Crippen LogP contribution in [0.25, 0.3) is 0 Å². The maximum atomic E-state index is 13.3. The molecular formula is C20H16F2N2O3S. The van der Waals surface area contributed by atoms with Gasteiger partial charge in [-0.1, -0.05) is 36.4 Å². The van der Waals surface area contributed by atoms with Crippen molar-refractivity contribution in [1.29, 1.82) is 0 Å². The molecule has 0 saturated carbocycles. The standard InChI is InChI=1S/C20H16F2N2O3S/c21-18-10-9-16(12-19(18)22)24-20(25)15-7-4-8-17(11-15)28(26,27)23-13-14-5-2-1-3-6-14/h1-12,23H,13H2,(H,24,25). The van der Waals surface area contributed by atoms with Gasteiger partial charge in [0.25, 0.3) is 5.91 Å². The van der Waals surface area contributed by atoms with Crippen molar-refractivity contribution in [3.05, 3.63) is 95.6 Å². The van der Waals surface area contributed by atoms with E-state index in [9.17, 15) is 22.0 Å². The normalized spacial score (nSPS) is 11.2. The molecule has 0 aliphatic heterocycles. The van der Waals surface area contributed by atoms with Gasteiger partial charge in [0, 0.05) is 23.9 Å². The van der Waals surface area contributed by atoms with E-state index in [2.05, 4.69) is 10.0 Å². The van der Waals surface area contributed by atoms with Crippen LogP contribution >= 0.6 is 0 Å². The van der Waals surface area contributed by atoms with Gasteiger partial charge in [0.2, 0.25) is 10.0 Å². The topological polar surface area (TPSA) is 75.3 Å². The van der Waals surface area contributed by atoms with Gasteiger partial charge in [-0.15, -0.1) is 0 Å². The number of hydrogen-bond acceptors (Lipinski definition) is 3. The van der Waals surface area contributed by atoms with Crippen LogP contribution in [0.1, 0.15) is 15.9 Å². The van der Waals surface area contributed by atoms with Gasteiger partial charge in [0.1, 0.15) is 0 Å². The minimum atomic E-state index is -3.84. The maximum Gasteiger partial charge on any atom is 0.255 e. The summed E-state index contributed by atoms with van der Waals surface area (Å²) in [7, 11) is -3.84. The number of hydrogen-bond donors (Lipinski definition) is 2. The number of halogens is 2. The van der Waals surface area contributed by atoms with Crippen LogP contribution in [0.4, 0.5) is 14.5 Å². The number of sulfonamides is 1. The Labute approximate surface area is 161 Å². The first-order valence-electron chi connectivity index (χ1n) is 8.25. The molecule has 0 saturated heterocycles. The summed E-state index contributed by atoms with van der Waals surface area (Å²) < 4.78 is 53.7. The third kappa shape index (κ3) is 4.79. The lowest BCUT2D eigenvalue weighted by Crippen LogP contribution is -2.23. The summed E-state index contributed by atoms with van der Waals surface area (Å²) in [6.45, 7) is 0.106. The summed E-state index contributed by atoms with van der Waals surface area (Å²) in [6.07, 6.45) is 0. The van der Waals surface area contributed by atoms with E-state index in [-0.39, 0.29) is 22.7 Å². The third-order valence-corrected chi connectivity index (χ3v) is 5.29. The predicted octanol–water partition coefficient (Wildman–Crippen LogP) is 3.70. The Morgan fingerprint density at radius 3 is 2.32 bits per heavy atom. The van der Waals surface area contributed by atoms with Gasteiger partial charge in [-0.05, 0) is 35.9 Å². The molecule has 3 aromatic carbocycles.